The van der Waals surface area contributed by atoms with Gasteiger partial charge < -0.3 is 10.4 Å². The van der Waals surface area contributed by atoms with Crippen LogP contribution < -0.4 is 10.9 Å². The zero-order valence-corrected chi connectivity index (χ0v) is 10.2. The molecule has 1 atom stereocenters. The summed E-state index contributed by atoms with van der Waals surface area (Å²) in [6.07, 6.45) is 1.82. The monoisotopic (exact) mass is 245 g/mol. The molecule has 0 aliphatic rings. The molecule has 1 aromatic heterocycles. The maximum Gasteiger partial charge on any atom is 0.287 e. The second kappa shape index (κ2) is 5.86. The molecule has 0 radical (unpaired) electrons. The second-order valence-corrected chi connectivity index (χ2v) is 4.01. The van der Waals surface area contributed by atoms with Gasteiger partial charge in [-0.3, -0.25) is 4.79 Å². The Labute approximate surface area is 99.0 Å². The van der Waals surface area contributed by atoms with Gasteiger partial charge in [0.15, 0.2) is 0 Å². The largest absolute Gasteiger partial charge is 0.392 e. The standard InChI is InChI=1S/C10H16ClN3O2/c1-3-4-14-10(16)9(11)8(6-13-14)12-5-7(2)15/h6-7,12,15H,3-5H2,1-2H3. The molecule has 0 aromatic carbocycles. The van der Waals surface area contributed by atoms with Crippen molar-refractivity contribution in [1.29, 1.82) is 0 Å². The van der Waals surface area contributed by atoms with Crippen molar-refractivity contribution in [2.24, 2.45) is 0 Å². The summed E-state index contributed by atoms with van der Waals surface area (Å²) in [4.78, 5) is 11.7. The van der Waals surface area contributed by atoms with E-state index in [4.69, 9.17) is 16.7 Å². The molecule has 0 aliphatic carbocycles. The van der Waals surface area contributed by atoms with Crippen LogP contribution in [-0.2, 0) is 6.54 Å². The highest BCUT2D eigenvalue weighted by Gasteiger charge is 2.08. The minimum absolute atomic E-state index is 0.115. The van der Waals surface area contributed by atoms with Gasteiger partial charge in [0.1, 0.15) is 5.02 Å². The van der Waals surface area contributed by atoms with E-state index in [9.17, 15) is 4.79 Å². The van der Waals surface area contributed by atoms with Crippen molar-refractivity contribution in [2.45, 2.75) is 32.9 Å². The van der Waals surface area contributed by atoms with E-state index in [2.05, 4.69) is 10.4 Å². The zero-order valence-electron chi connectivity index (χ0n) is 9.40. The molecule has 2 N–H and O–H groups in total. The van der Waals surface area contributed by atoms with E-state index >= 15 is 0 Å². The average molecular weight is 246 g/mol. The van der Waals surface area contributed by atoms with E-state index in [1.807, 2.05) is 6.92 Å². The van der Waals surface area contributed by atoms with Crippen molar-refractivity contribution >= 4 is 17.3 Å². The summed E-state index contributed by atoms with van der Waals surface area (Å²) in [5.41, 5.74) is 0.152. The average Bonchev–Trinajstić information content (AvgIpc) is 2.24. The van der Waals surface area contributed by atoms with E-state index in [1.54, 1.807) is 6.92 Å². The fourth-order valence-electron chi connectivity index (χ4n) is 1.22. The predicted octanol–water partition coefficient (Wildman–Crippen LogP) is 1.10. The highest BCUT2D eigenvalue weighted by atomic mass is 35.5. The third kappa shape index (κ3) is 3.21. The number of nitrogens with one attached hydrogen (secondary N) is 1. The molecule has 1 unspecified atom stereocenters. The lowest BCUT2D eigenvalue weighted by molar-refractivity contribution is 0.208. The molecule has 0 bridgehead atoms. The quantitative estimate of drug-likeness (QED) is 0.815. The Hall–Kier alpha value is -1.07. The number of hydrogen-bond donors (Lipinski definition) is 2. The number of aryl methyl sites for hydroxylation is 1. The second-order valence-electron chi connectivity index (χ2n) is 3.63. The molecule has 1 heterocycles. The van der Waals surface area contributed by atoms with Gasteiger partial charge in [-0.25, -0.2) is 4.68 Å². The summed E-state index contributed by atoms with van der Waals surface area (Å²) in [5, 5.41) is 16.1. The van der Waals surface area contributed by atoms with Gasteiger partial charge in [0.2, 0.25) is 0 Å². The van der Waals surface area contributed by atoms with Crippen LogP contribution in [-0.4, -0.2) is 27.5 Å². The lowest BCUT2D eigenvalue weighted by Crippen LogP contribution is -2.25. The van der Waals surface area contributed by atoms with Crippen LogP contribution in [0.5, 0.6) is 0 Å². The number of anilines is 1. The molecule has 1 aromatic rings. The van der Waals surface area contributed by atoms with E-state index in [1.165, 1.54) is 10.9 Å². The normalized spacial score (nSPS) is 12.5. The van der Waals surface area contributed by atoms with E-state index in [0.717, 1.165) is 6.42 Å². The first-order valence-corrected chi connectivity index (χ1v) is 5.61. The van der Waals surface area contributed by atoms with Crippen molar-refractivity contribution in [3.05, 3.63) is 21.6 Å². The highest BCUT2D eigenvalue weighted by Crippen LogP contribution is 2.14. The minimum Gasteiger partial charge on any atom is -0.392 e. The first kappa shape index (κ1) is 13.0. The van der Waals surface area contributed by atoms with E-state index < -0.39 is 6.10 Å². The molecule has 16 heavy (non-hydrogen) atoms. The molecule has 1 rings (SSSR count). The molecule has 6 heteroatoms. The Morgan fingerprint density at radius 1 is 1.69 bits per heavy atom. The topological polar surface area (TPSA) is 67.2 Å². The first-order chi connectivity index (χ1) is 7.56. The van der Waals surface area contributed by atoms with Crippen molar-refractivity contribution in [1.82, 2.24) is 9.78 Å². The van der Waals surface area contributed by atoms with Crippen molar-refractivity contribution in [3.63, 3.8) is 0 Å². The van der Waals surface area contributed by atoms with E-state index in [0.29, 0.717) is 18.8 Å². The van der Waals surface area contributed by atoms with Crippen LogP contribution in [0.25, 0.3) is 0 Å². The third-order valence-corrected chi connectivity index (χ3v) is 2.37. The molecular formula is C10H16ClN3O2. The van der Waals surface area contributed by atoms with Crippen LogP contribution in [0.1, 0.15) is 20.3 Å². The summed E-state index contributed by atoms with van der Waals surface area (Å²) in [7, 11) is 0. The summed E-state index contributed by atoms with van der Waals surface area (Å²) < 4.78 is 1.33. The summed E-state index contributed by atoms with van der Waals surface area (Å²) in [6.45, 7) is 4.49. The summed E-state index contributed by atoms with van der Waals surface area (Å²) >= 11 is 5.90. The van der Waals surface area contributed by atoms with Gasteiger partial charge in [0, 0.05) is 13.1 Å². The summed E-state index contributed by atoms with van der Waals surface area (Å²) in [5.74, 6) is 0. The fraction of sp³-hybridized carbons (Fsp3) is 0.600. The van der Waals surface area contributed by atoms with Crippen molar-refractivity contribution in [3.8, 4) is 0 Å². The van der Waals surface area contributed by atoms with Crippen LogP contribution in [0.2, 0.25) is 5.02 Å². The Morgan fingerprint density at radius 2 is 2.38 bits per heavy atom. The fourth-order valence-corrected chi connectivity index (χ4v) is 1.43. The van der Waals surface area contributed by atoms with Gasteiger partial charge >= 0.3 is 0 Å². The van der Waals surface area contributed by atoms with Crippen LogP contribution in [0.15, 0.2) is 11.0 Å². The molecule has 5 nitrogen and oxygen atoms in total. The van der Waals surface area contributed by atoms with Crippen LogP contribution in [0.4, 0.5) is 5.69 Å². The zero-order chi connectivity index (χ0) is 12.1. The Morgan fingerprint density at radius 3 is 2.94 bits per heavy atom. The maximum atomic E-state index is 11.7. The smallest absolute Gasteiger partial charge is 0.287 e. The number of aliphatic hydroxyl groups excluding tert-OH is 1. The van der Waals surface area contributed by atoms with Gasteiger partial charge in [-0.1, -0.05) is 18.5 Å². The molecule has 0 fully saturated rings. The van der Waals surface area contributed by atoms with Gasteiger partial charge in [0.05, 0.1) is 18.0 Å². The Balaban J connectivity index is 2.89. The van der Waals surface area contributed by atoms with E-state index in [-0.39, 0.29) is 10.6 Å². The molecule has 0 aliphatic heterocycles. The van der Waals surface area contributed by atoms with Crippen molar-refractivity contribution in [2.75, 3.05) is 11.9 Å². The molecule has 90 valence electrons. The predicted molar refractivity (Wildman–Crippen MR) is 64.0 cm³/mol. The van der Waals surface area contributed by atoms with Gasteiger partial charge in [-0.15, -0.1) is 0 Å². The number of aromatic nitrogens is 2. The SMILES string of the molecule is CCCn1ncc(NCC(C)O)c(Cl)c1=O. The number of nitrogens with zero attached hydrogens (tertiary/aromatic N) is 2. The number of hydrogen-bond acceptors (Lipinski definition) is 4. The lowest BCUT2D eigenvalue weighted by atomic mass is 10.3. The number of rotatable bonds is 5. The van der Waals surface area contributed by atoms with Gasteiger partial charge in [0.25, 0.3) is 5.56 Å². The molecule has 0 saturated carbocycles. The molecule has 0 saturated heterocycles. The van der Waals surface area contributed by atoms with Gasteiger partial charge in [-0.05, 0) is 13.3 Å². The van der Waals surface area contributed by atoms with Crippen LogP contribution in [0.3, 0.4) is 0 Å². The Bertz CT molecular complexity index is 404. The van der Waals surface area contributed by atoms with Crippen LogP contribution >= 0.6 is 11.6 Å². The number of aliphatic hydroxyl groups is 1. The highest BCUT2D eigenvalue weighted by molar-refractivity contribution is 6.32. The third-order valence-electron chi connectivity index (χ3n) is 2.01. The first-order valence-electron chi connectivity index (χ1n) is 5.23. The molecule has 0 amide bonds. The van der Waals surface area contributed by atoms with Crippen molar-refractivity contribution < 1.29 is 5.11 Å². The minimum atomic E-state index is -0.505. The summed E-state index contributed by atoms with van der Waals surface area (Å²) in [6, 6.07) is 0. The lowest BCUT2D eigenvalue weighted by Gasteiger charge is -2.10. The number of halogens is 1. The Kier molecular flexibility index (Phi) is 4.76. The molecular weight excluding hydrogens is 230 g/mol. The van der Waals surface area contributed by atoms with Crippen LogP contribution in [0, 0.1) is 0 Å². The maximum absolute atomic E-state index is 11.7. The van der Waals surface area contributed by atoms with Gasteiger partial charge in [-0.2, -0.15) is 5.10 Å². The molecule has 0 spiro atoms.